The number of H-pyrrole nitrogens is 1. The van der Waals surface area contributed by atoms with Crippen LogP contribution in [0.2, 0.25) is 0 Å². The molecule has 1 N–H and O–H groups in total. The Balaban J connectivity index is 1.28. The first kappa shape index (κ1) is 24.2. The molecular weight excluding hydrogens is 508 g/mol. The van der Waals surface area contributed by atoms with E-state index in [1.165, 1.54) is 49.3 Å². The normalized spacial score (nSPS) is 11.3. The summed E-state index contributed by atoms with van der Waals surface area (Å²) in [6, 6.07) is 58.6. The lowest BCUT2D eigenvalue weighted by Gasteiger charge is -2.28. The molecule has 198 valence electrons. The third-order valence-electron chi connectivity index (χ3n) is 8.22. The van der Waals surface area contributed by atoms with E-state index in [9.17, 15) is 0 Å². The van der Waals surface area contributed by atoms with Gasteiger partial charge in [-0.15, -0.1) is 0 Å². The minimum Gasteiger partial charge on any atom is -0.354 e. The molecule has 0 unspecified atom stereocenters. The van der Waals surface area contributed by atoms with Crippen molar-refractivity contribution in [3.8, 4) is 22.3 Å². The third kappa shape index (κ3) is 4.05. The smallest absolute Gasteiger partial charge is 0.0544 e. The predicted molar refractivity (Wildman–Crippen MR) is 179 cm³/mol. The number of fused-ring (bicyclic) bond motifs is 4. The van der Waals surface area contributed by atoms with Crippen LogP contribution in [0.15, 0.2) is 164 Å². The fraction of sp³-hybridized carbons (Fsp3) is 0. The second kappa shape index (κ2) is 10.1. The van der Waals surface area contributed by atoms with E-state index < -0.39 is 0 Å². The highest BCUT2D eigenvalue weighted by Gasteiger charge is 2.18. The van der Waals surface area contributed by atoms with Gasteiger partial charge in [0.1, 0.15) is 0 Å². The first-order chi connectivity index (χ1) is 20.8. The summed E-state index contributed by atoms with van der Waals surface area (Å²) in [6.45, 7) is 0. The van der Waals surface area contributed by atoms with Gasteiger partial charge >= 0.3 is 0 Å². The number of aromatic amines is 1. The fourth-order valence-electron chi connectivity index (χ4n) is 6.26. The number of hydrogen-bond acceptors (Lipinski definition) is 1. The van der Waals surface area contributed by atoms with Crippen molar-refractivity contribution < 1.29 is 0 Å². The second-order valence-electron chi connectivity index (χ2n) is 10.7. The molecule has 0 amide bonds. The Morgan fingerprint density at radius 3 is 1.86 bits per heavy atom. The van der Waals surface area contributed by atoms with Crippen molar-refractivity contribution in [3.05, 3.63) is 164 Å². The highest BCUT2D eigenvalue weighted by Crippen LogP contribution is 2.43. The van der Waals surface area contributed by atoms with Gasteiger partial charge in [-0.05, 0) is 58.3 Å². The molecule has 0 saturated carbocycles. The molecular formula is C40H28N2. The quantitative estimate of drug-likeness (QED) is 0.232. The summed E-state index contributed by atoms with van der Waals surface area (Å²) in [5, 5.41) is 5.00. The van der Waals surface area contributed by atoms with E-state index in [0.29, 0.717) is 0 Å². The maximum Gasteiger partial charge on any atom is 0.0544 e. The van der Waals surface area contributed by atoms with Crippen LogP contribution in [0.5, 0.6) is 0 Å². The van der Waals surface area contributed by atoms with Crippen LogP contribution in [0, 0.1) is 0 Å². The average Bonchev–Trinajstić information content (AvgIpc) is 3.45. The molecule has 0 radical (unpaired) electrons. The van der Waals surface area contributed by atoms with Gasteiger partial charge < -0.3 is 9.88 Å². The lowest BCUT2D eigenvalue weighted by atomic mass is 9.96. The zero-order valence-corrected chi connectivity index (χ0v) is 23.0. The number of anilines is 3. The third-order valence-corrected chi connectivity index (χ3v) is 8.22. The molecule has 0 spiro atoms. The molecule has 0 aliphatic rings. The van der Waals surface area contributed by atoms with Gasteiger partial charge in [0.25, 0.3) is 0 Å². The lowest BCUT2D eigenvalue weighted by Crippen LogP contribution is -2.11. The number of rotatable bonds is 5. The SMILES string of the molecule is c1ccc(N(c2ccc(-c3cccc4c3[nH]c3ccccc34)cc2)c2ccccc2-c2cccc3ccccc23)cc1. The first-order valence-electron chi connectivity index (χ1n) is 14.4. The number of hydrogen-bond donors (Lipinski definition) is 1. The van der Waals surface area contributed by atoms with E-state index in [1.807, 2.05) is 0 Å². The Labute approximate surface area is 245 Å². The van der Waals surface area contributed by atoms with Crippen molar-refractivity contribution >= 4 is 49.6 Å². The molecule has 1 aromatic heterocycles. The zero-order valence-electron chi connectivity index (χ0n) is 23.0. The summed E-state index contributed by atoms with van der Waals surface area (Å²) in [5.74, 6) is 0. The highest BCUT2D eigenvalue weighted by atomic mass is 15.1. The Morgan fingerprint density at radius 2 is 0.976 bits per heavy atom. The molecule has 0 saturated heterocycles. The van der Waals surface area contributed by atoms with Crippen LogP contribution in [0.1, 0.15) is 0 Å². The van der Waals surface area contributed by atoms with E-state index in [2.05, 4.69) is 174 Å². The predicted octanol–water partition coefficient (Wildman–Crippen LogP) is 11.3. The number of aromatic nitrogens is 1. The Morgan fingerprint density at radius 1 is 0.381 bits per heavy atom. The van der Waals surface area contributed by atoms with Crippen LogP contribution in [-0.2, 0) is 0 Å². The molecule has 0 bridgehead atoms. The van der Waals surface area contributed by atoms with Crippen LogP contribution in [0.3, 0.4) is 0 Å². The summed E-state index contributed by atoms with van der Waals surface area (Å²) in [5.41, 5.74) is 10.5. The first-order valence-corrected chi connectivity index (χ1v) is 14.4. The van der Waals surface area contributed by atoms with Crippen LogP contribution in [-0.4, -0.2) is 4.98 Å². The van der Waals surface area contributed by atoms with Crippen molar-refractivity contribution in [1.29, 1.82) is 0 Å². The summed E-state index contributed by atoms with van der Waals surface area (Å²) in [4.78, 5) is 6.03. The Kier molecular flexibility index (Phi) is 5.82. The van der Waals surface area contributed by atoms with Gasteiger partial charge in [-0.1, -0.05) is 127 Å². The molecule has 8 rings (SSSR count). The largest absolute Gasteiger partial charge is 0.354 e. The Bertz CT molecular complexity index is 2190. The van der Waals surface area contributed by atoms with E-state index in [-0.39, 0.29) is 0 Å². The van der Waals surface area contributed by atoms with Crippen LogP contribution in [0.25, 0.3) is 54.8 Å². The number of nitrogens with one attached hydrogen (secondary N) is 1. The van der Waals surface area contributed by atoms with Gasteiger partial charge in [-0.3, -0.25) is 0 Å². The highest BCUT2D eigenvalue weighted by molar-refractivity contribution is 6.12. The van der Waals surface area contributed by atoms with E-state index >= 15 is 0 Å². The Hall–Kier alpha value is -5.60. The maximum absolute atomic E-state index is 3.66. The van der Waals surface area contributed by atoms with Crippen molar-refractivity contribution in [3.63, 3.8) is 0 Å². The molecule has 8 aromatic rings. The molecule has 1 heterocycles. The molecule has 2 nitrogen and oxygen atoms in total. The van der Waals surface area contributed by atoms with E-state index in [1.54, 1.807) is 0 Å². The minimum atomic E-state index is 1.11. The van der Waals surface area contributed by atoms with Gasteiger partial charge in [0.2, 0.25) is 0 Å². The summed E-state index contributed by atoms with van der Waals surface area (Å²) >= 11 is 0. The van der Waals surface area contributed by atoms with Gasteiger partial charge in [0, 0.05) is 38.8 Å². The van der Waals surface area contributed by atoms with Gasteiger partial charge in [-0.25, -0.2) is 0 Å². The van der Waals surface area contributed by atoms with Crippen molar-refractivity contribution in [2.45, 2.75) is 0 Å². The van der Waals surface area contributed by atoms with E-state index in [4.69, 9.17) is 0 Å². The lowest BCUT2D eigenvalue weighted by molar-refractivity contribution is 1.28. The van der Waals surface area contributed by atoms with Gasteiger partial charge in [0.05, 0.1) is 11.2 Å². The van der Waals surface area contributed by atoms with Crippen LogP contribution >= 0.6 is 0 Å². The van der Waals surface area contributed by atoms with Crippen molar-refractivity contribution in [2.75, 3.05) is 4.90 Å². The van der Waals surface area contributed by atoms with Crippen molar-refractivity contribution in [2.24, 2.45) is 0 Å². The molecule has 7 aromatic carbocycles. The number of para-hydroxylation sites is 4. The molecule has 0 aliphatic carbocycles. The zero-order chi connectivity index (χ0) is 27.9. The molecule has 2 heteroatoms. The van der Waals surface area contributed by atoms with E-state index in [0.717, 1.165) is 22.6 Å². The summed E-state index contributed by atoms with van der Waals surface area (Å²) in [7, 11) is 0. The van der Waals surface area contributed by atoms with Crippen LogP contribution in [0.4, 0.5) is 17.1 Å². The summed E-state index contributed by atoms with van der Waals surface area (Å²) < 4.78 is 0. The number of nitrogens with zero attached hydrogens (tertiary/aromatic N) is 1. The second-order valence-corrected chi connectivity index (χ2v) is 10.7. The molecule has 0 atom stereocenters. The fourth-order valence-corrected chi connectivity index (χ4v) is 6.26. The topological polar surface area (TPSA) is 19.0 Å². The van der Waals surface area contributed by atoms with Gasteiger partial charge in [-0.2, -0.15) is 0 Å². The molecule has 0 aliphatic heterocycles. The molecule has 0 fully saturated rings. The van der Waals surface area contributed by atoms with Crippen molar-refractivity contribution in [1.82, 2.24) is 4.98 Å². The number of benzene rings is 7. The standard InChI is InChI=1S/C40H28N2/c1-2-14-30(15-3-1)42(39-23-9-7-18-36(39)34-20-10-13-28-12-4-5-16-32(28)34)31-26-24-29(25-27-31)33-19-11-21-37-35-17-6-8-22-38(35)41-40(33)37/h1-27,41H. The monoisotopic (exact) mass is 536 g/mol. The average molecular weight is 537 g/mol. The maximum atomic E-state index is 3.66. The molecule has 42 heavy (non-hydrogen) atoms. The summed E-state index contributed by atoms with van der Waals surface area (Å²) in [6.07, 6.45) is 0. The minimum absolute atomic E-state index is 1.11. The van der Waals surface area contributed by atoms with Crippen LogP contribution < -0.4 is 4.90 Å². The van der Waals surface area contributed by atoms with Gasteiger partial charge in [0.15, 0.2) is 0 Å².